The summed E-state index contributed by atoms with van der Waals surface area (Å²) in [5.74, 6) is 1.99. The topological polar surface area (TPSA) is 111 Å². The molecule has 5 rings (SSSR count). The molecule has 28 heavy (non-hydrogen) atoms. The average molecular weight is 412 g/mol. The van der Waals surface area contributed by atoms with Crippen LogP contribution in [-0.2, 0) is 0 Å². The van der Waals surface area contributed by atoms with Crippen LogP contribution in [0.2, 0.25) is 0 Å². The summed E-state index contributed by atoms with van der Waals surface area (Å²) in [6, 6.07) is 7.09. The van der Waals surface area contributed by atoms with Crippen molar-refractivity contribution in [1.82, 2.24) is 20.2 Å². The summed E-state index contributed by atoms with van der Waals surface area (Å²) in [6.45, 7) is 1.91. The number of fused-ring (bicyclic) bond motifs is 1. The van der Waals surface area contributed by atoms with E-state index in [4.69, 9.17) is 13.3 Å². The predicted molar refractivity (Wildman–Crippen MR) is 104 cm³/mol. The number of rotatable bonds is 5. The summed E-state index contributed by atoms with van der Waals surface area (Å²) in [5, 5.41) is 10.6. The number of hydrogen-bond acceptors (Lipinski definition) is 9. The normalized spacial score (nSPS) is 12.6. The first-order chi connectivity index (χ1) is 13.7. The predicted octanol–water partition coefficient (Wildman–Crippen LogP) is 4.74. The van der Waals surface area contributed by atoms with Gasteiger partial charge in [0.05, 0.1) is 23.2 Å². The standard InChI is InChI=1S/C18H12N4O4S2/c1-9(28-18-22-21-16(26-18)12-5-3-7-25-12)14-19-15(23)13-10(8-27-17(13)20-14)11-4-2-6-24-11/h2-9H,1H3,(H,19,20,23). The number of aromatic nitrogens is 4. The first-order valence-electron chi connectivity index (χ1n) is 8.28. The SMILES string of the molecule is CC(Sc1nnc(-c2ccco2)o1)c1nc2scc(-c3ccco3)c2c(=O)[nH]1. The van der Waals surface area contributed by atoms with Gasteiger partial charge in [-0.25, -0.2) is 4.98 Å². The summed E-state index contributed by atoms with van der Waals surface area (Å²) in [6.07, 6.45) is 3.12. The fraction of sp³-hybridized carbons (Fsp3) is 0.111. The Bertz CT molecular complexity index is 1290. The highest BCUT2D eigenvalue weighted by Gasteiger charge is 2.20. The molecule has 1 N–H and O–H groups in total. The van der Waals surface area contributed by atoms with Gasteiger partial charge in [0.1, 0.15) is 16.4 Å². The number of nitrogens with zero attached hydrogens (tertiary/aromatic N) is 3. The van der Waals surface area contributed by atoms with E-state index in [2.05, 4.69) is 20.2 Å². The smallest absolute Gasteiger partial charge is 0.284 e. The molecule has 5 heterocycles. The lowest BCUT2D eigenvalue weighted by Crippen LogP contribution is -2.12. The lowest BCUT2D eigenvalue weighted by molar-refractivity contribution is 0.446. The van der Waals surface area contributed by atoms with Crippen molar-refractivity contribution in [2.24, 2.45) is 0 Å². The van der Waals surface area contributed by atoms with E-state index in [0.717, 1.165) is 5.56 Å². The van der Waals surface area contributed by atoms with Crippen molar-refractivity contribution in [3.8, 4) is 23.0 Å². The second-order valence-corrected chi connectivity index (χ2v) is 8.02. The molecule has 0 fully saturated rings. The summed E-state index contributed by atoms with van der Waals surface area (Å²) in [7, 11) is 0. The van der Waals surface area contributed by atoms with Gasteiger partial charge < -0.3 is 18.2 Å². The van der Waals surface area contributed by atoms with E-state index >= 15 is 0 Å². The Kier molecular flexibility index (Phi) is 4.14. The van der Waals surface area contributed by atoms with Crippen LogP contribution in [0.4, 0.5) is 0 Å². The number of aromatic amines is 1. The fourth-order valence-electron chi connectivity index (χ4n) is 2.74. The monoisotopic (exact) mass is 412 g/mol. The Morgan fingerprint density at radius 2 is 1.93 bits per heavy atom. The number of thiophene rings is 1. The second kappa shape index (κ2) is 6.80. The molecule has 0 aliphatic rings. The van der Waals surface area contributed by atoms with Crippen LogP contribution in [0.5, 0.6) is 0 Å². The summed E-state index contributed by atoms with van der Waals surface area (Å²) in [5.41, 5.74) is 0.535. The highest BCUT2D eigenvalue weighted by atomic mass is 32.2. The van der Waals surface area contributed by atoms with Gasteiger partial charge in [-0.3, -0.25) is 4.79 Å². The molecule has 10 heteroatoms. The van der Waals surface area contributed by atoms with Crippen molar-refractivity contribution in [3.63, 3.8) is 0 Å². The van der Waals surface area contributed by atoms with E-state index in [1.165, 1.54) is 29.4 Å². The van der Waals surface area contributed by atoms with E-state index in [1.54, 1.807) is 24.5 Å². The third-order valence-corrected chi connectivity index (χ3v) is 5.87. The van der Waals surface area contributed by atoms with Crippen LogP contribution in [0.15, 0.2) is 65.4 Å². The van der Waals surface area contributed by atoms with Crippen LogP contribution in [-0.4, -0.2) is 20.2 Å². The van der Waals surface area contributed by atoms with Crippen molar-refractivity contribution in [1.29, 1.82) is 0 Å². The van der Waals surface area contributed by atoms with Crippen molar-refractivity contribution >= 4 is 33.3 Å². The van der Waals surface area contributed by atoms with Crippen LogP contribution in [0, 0.1) is 0 Å². The van der Waals surface area contributed by atoms with E-state index in [-0.39, 0.29) is 10.8 Å². The van der Waals surface area contributed by atoms with Crippen molar-refractivity contribution in [3.05, 3.63) is 58.4 Å². The molecule has 0 aliphatic carbocycles. The molecule has 0 saturated heterocycles. The molecule has 1 unspecified atom stereocenters. The fourth-order valence-corrected chi connectivity index (χ4v) is 4.41. The molecule has 5 aromatic rings. The van der Waals surface area contributed by atoms with Crippen LogP contribution in [0.1, 0.15) is 18.0 Å². The Morgan fingerprint density at radius 3 is 2.68 bits per heavy atom. The number of hydrogen-bond donors (Lipinski definition) is 1. The molecular weight excluding hydrogens is 400 g/mol. The number of H-pyrrole nitrogens is 1. The zero-order valence-electron chi connectivity index (χ0n) is 14.4. The van der Waals surface area contributed by atoms with Gasteiger partial charge in [0.2, 0.25) is 0 Å². The van der Waals surface area contributed by atoms with Gasteiger partial charge in [-0.05, 0) is 31.2 Å². The van der Waals surface area contributed by atoms with Gasteiger partial charge in [-0.15, -0.1) is 21.5 Å². The van der Waals surface area contributed by atoms with E-state index in [9.17, 15) is 4.79 Å². The molecule has 5 aromatic heterocycles. The Morgan fingerprint density at radius 1 is 1.14 bits per heavy atom. The van der Waals surface area contributed by atoms with E-state index in [1.807, 2.05) is 18.4 Å². The van der Waals surface area contributed by atoms with Gasteiger partial charge in [0.25, 0.3) is 16.7 Å². The van der Waals surface area contributed by atoms with Crippen LogP contribution in [0.3, 0.4) is 0 Å². The molecule has 0 radical (unpaired) electrons. The first kappa shape index (κ1) is 17.0. The third-order valence-electron chi connectivity index (χ3n) is 4.05. The highest BCUT2D eigenvalue weighted by Crippen LogP contribution is 2.36. The molecule has 0 amide bonds. The summed E-state index contributed by atoms with van der Waals surface area (Å²) >= 11 is 2.71. The number of furan rings is 2. The van der Waals surface area contributed by atoms with Gasteiger partial charge in [0.15, 0.2) is 5.76 Å². The Balaban J connectivity index is 1.44. The van der Waals surface area contributed by atoms with E-state index in [0.29, 0.717) is 38.7 Å². The maximum atomic E-state index is 12.7. The first-order valence-corrected chi connectivity index (χ1v) is 10.0. The zero-order valence-corrected chi connectivity index (χ0v) is 16.0. The Labute approximate surface area is 165 Å². The van der Waals surface area contributed by atoms with Crippen LogP contribution < -0.4 is 5.56 Å². The minimum absolute atomic E-state index is 0.198. The average Bonchev–Trinajstić information content (AvgIpc) is 3.46. The molecule has 1 atom stereocenters. The minimum atomic E-state index is -0.207. The molecule has 140 valence electrons. The number of nitrogens with one attached hydrogen (secondary N) is 1. The second-order valence-electron chi connectivity index (χ2n) is 5.87. The molecular formula is C18H12N4O4S2. The highest BCUT2D eigenvalue weighted by molar-refractivity contribution is 7.99. The molecule has 0 bridgehead atoms. The zero-order chi connectivity index (χ0) is 19.1. The maximum Gasteiger partial charge on any atom is 0.284 e. The third kappa shape index (κ3) is 2.96. The van der Waals surface area contributed by atoms with Crippen LogP contribution in [0.25, 0.3) is 33.2 Å². The summed E-state index contributed by atoms with van der Waals surface area (Å²) in [4.78, 5) is 20.8. The Hall–Kier alpha value is -3.11. The van der Waals surface area contributed by atoms with Gasteiger partial charge >= 0.3 is 0 Å². The molecule has 0 aromatic carbocycles. The summed E-state index contributed by atoms with van der Waals surface area (Å²) < 4.78 is 16.3. The minimum Gasteiger partial charge on any atom is -0.464 e. The lowest BCUT2D eigenvalue weighted by atomic mass is 10.2. The molecule has 0 aliphatic heterocycles. The van der Waals surface area contributed by atoms with Crippen molar-refractivity contribution < 1.29 is 13.3 Å². The van der Waals surface area contributed by atoms with Crippen LogP contribution >= 0.6 is 23.1 Å². The van der Waals surface area contributed by atoms with Crippen molar-refractivity contribution in [2.45, 2.75) is 17.4 Å². The molecule has 0 saturated carbocycles. The maximum absolute atomic E-state index is 12.7. The van der Waals surface area contributed by atoms with Gasteiger partial charge in [-0.1, -0.05) is 11.8 Å². The lowest BCUT2D eigenvalue weighted by Gasteiger charge is -2.07. The van der Waals surface area contributed by atoms with Gasteiger partial charge in [0, 0.05) is 10.9 Å². The molecule has 0 spiro atoms. The molecule has 8 nitrogen and oxygen atoms in total. The van der Waals surface area contributed by atoms with Crippen molar-refractivity contribution in [2.75, 3.05) is 0 Å². The van der Waals surface area contributed by atoms with E-state index < -0.39 is 0 Å². The largest absolute Gasteiger partial charge is 0.464 e. The number of thioether (sulfide) groups is 1. The van der Waals surface area contributed by atoms with Gasteiger partial charge in [-0.2, -0.15) is 0 Å². The quantitative estimate of drug-likeness (QED) is 0.412.